The highest BCUT2D eigenvalue weighted by Gasteiger charge is 2.43. The molecule has 4 heteroatoms. The number of hydrogen-bond acceptors (Lipinski definition) is 3. The van der Waals surface area contributed by atoms with Crippen molar-refractivity contribution in [3.63, 3.8) is 0 Å². The molecule has 0 bridgehead atoms. The predicted molar refractivity (Wildman–Crippen MR) is 111 cm³/mol. The molecule has 0 amide bonds. The summed E-state index contributed by atoms with van der Waals surface area (Å²) in [6.45, 7) is 5.98. The largest absolute Gasteiger partial charge is 0.367 e. The maximum atomic E-state index is 13.5. The van der Waals surface area contributed by atoms with Gasteiger partial charge < -0.3 is 10.1 Å². The van der Waals surface area contributed by atoms with Crippen molar-refractivity contribution in [2.75, 3.05) is 19.6 Å². The number of halogens is 1. The molecule has 1 spiro atoms. The number of piperidine rings is 1. The summed E-state index contributed by atoms with van der Waals surface area (Å²) >= 11 is 0. The molecule has 0 aliphatic carbocycles. The molecule has 4 rings (SSSR count). The van der Waals surface area contributed by atoms with Gasteiger partial charge in [0.2, 0.25) is 0 Å². The van der Waals surface area contributed by atoms with E-state index in [0.717, 1.165) is 57.4 Å². The fraction of sp³-hybridized carbons (Fsp3) is 0.500. The van der Waals surface area contributed by atoms with Crippen LogP contribution in [0.2, 0.25) is 0 Å². The number of nitrogens with zero attached hydrogens (tertiary/aromatic N) is 1. The summed E-state index contributed by atoms with van der Waals surface area (Å²) < 4.78 is 20.2. The van der Waals surface area contributed by atoms with E-state index in [1.54, 1.807) is 12.1 Å². The number of likely N-dealkylation sites (tertiary alicyclic amines) is 1. The average Bonchev–Trinajstić information content (AvgIpc) is 2.71. The zero-order valence-electron chi connectivity index (χ0n) is 16.7. The highest BCUT2D eigenvalue weighted by atomic mass is 19.1. The molecule has 150 valence electrons. The third kappa shape index (κ3) is 4.62. The van der Waals surface area contributed by atoms with E-state index in [1.807, 2.05) is 6.07 Å². The minimum Gasteiger partial charge on any atom is -0.367 e. The standard InChI is InChI=1S/C24H31FN2O/c1-2-26-22-16-23(20-8-4-3-5-9-20)28-24(17-22)11-13-27(14-12-24)18-19-7-6-10-21(25)15-19/h3-10,15,22-23,26H,2,11-14,16-18H2,1H3/t22-,23-/m0/s1. The number of nitrogens with one attached hydrogen (secondary N) is 1. The molecule has 2 atom stereocenters. The molecule has 2 aliphatic heterocycles. The molecule has 0 saturated carbocycles. The van der Waals surface area contributed by atoms with Crippen LogP contribution in [-0.2, 0) is 11.3 Å². The Hall–Kier alpha value is -1.75. The Labute approximate surface area is 167 Å². The van der Waals surface area contributed by atoms with Gasteiger partial charge in [0.05, 0.1) is 11.7 Å². The van der Waals surface area contributed by atoms with E-state index in [0.29, 0.717) is 6.04 Å². The lowest BCUT2D eigenvalue weighted by atomic mass is 9.79. The molecule has 28 heavy (non-hydrogen) atoms. The lowest BCUT2D eigenvalue weighted by molar-refractivity contribution is -0.164. The molecule has 0 aromatic heterocycles. The Balaban J connectivity index is 1.43. The van der Waals surface area contributed by atoms with Gasteiger partial charge in [-0.05, 0) is 55.5 Å². The van der Waals surface area contributed by atoms with Crippen molar-refractivity contribution in [3.8, 4) is 0 Å². The molecule has 2 aromatic carbocycles. The first-order valence-electron chi connectivity index (χ1n) is 10.6. The monoisotopic (exact) mass is 382 g/mol. The third-order valence-electron chi connectivity index (χ3n) is 6.24. The van der Waals surface area contributed by atoms with Crippen molar-refractivity contribution in [1.82, 2.24) is 10.2 Å². The summed E-state index contributed by atoms with van der Waals surface area (Å²) in [4.78, 5) is 2.43. The number of benzene rings is 2. The Kier molecular flexibility index (Phi) is 6.10. The fourth-order valence-corrected chi connectivity index (χ4v) is 4.84. The van der Waals surface area contributed by atoms with Gasteiger partial charge >= 0.3 is 0 Å². The second kappa shape index (κ2) is 8.73. The molecule has 2 saturated heterocycles. The van der Waals surface area contributed by atoms with Crippen LogP contribution < -0.4 is 5.32 Å². The number of hydrogen-bond donors (Lipinski definition) is 1. The molecular formula is C24H31FN2O. The SMILES string of the molecule is CCN[C@H]1C[C@@H](c2ccccc2)OC2(CCN(Cc3cccc(F)c3)CC2)C1. The van der Waals surface area contributed by atoms with Crippen molar-refractivity contribution in [1.29, 1.82) is 0 Å². The summed E-state index contributed by atoms with van der Waals surface area (Å²) in [5.74, 6) is -0.152. The molecule has 2 heterocycles. The van der Waals surface area contributed by atoms with Gasteiger partial charge in [-0.1, -0.05) is 49.4 Å². The molecule has 0 radical (unpaired) electrons. The molecular weight excluding hydrogens is 351 g/mol. The summed E-state index contributed by atoms with van der Waals surface area (Å²) in [5, 5.41) is 3.68. The predicted octanol–water partition coefficient (Wildman–Crippen LogP) is 4.69. The highest BCUT2D eigenvalue weighted by molar-refractivity contribution is 5.20. The summed E-state index contributed by atoms with van der Waals surface area (Å²) in [7, 11) is 0. The van der Waals surface area contributed by atoms with Gasteiger partial charge in [0.1, 0.15) is 5.82 Å². The van der Waals surface area contributed by atoms with Crippen molar-refractivity contribution < 1.29 is 9.13 Å². The van der Waals surface area contributed by atoms with E-state index in [9.17, 15) is 4.39 Å². The van der Waals surface area contributed by atoms with E-state index in [4.69, 9.17) is 4.74 Å². The molecule has 2 fully saturated rings. The van der Waals surface area contributed by atoms with E-state index >= 15 is 0 Å². The van der Waals surface area contributed by atoms with Gasteiger partial charge in [0.25, 0.3) is 0 Å². The van der Waals surface area contributed by atoms with Gasteiger partial charge in [-0.2, -0.15) is 0 Å². The first kappa shape index (κ1) is 19.6. The van der Waals surface area contributed by atoms with Crippen LogP contribution in [0.4, 0.5) is 4.39 Å². The van der Waals surface area contributed by atoms with Gasteiger partial charge in [-0.3, -0.25) is 4.90 Å². The van der Waals surface area contributed by atoms with Gasteiger partial charge in [-0.15, -0.1) is 0 Å². The van der Waals surface area contributed by atoms with Crippen LogP contribution in [-0.4, -0.2) is 36.2 Å². The van der Waals surface area contributed by atoms with Crippen molar-refractivity contribution in [2.24, 2.45) is 0 Å². The second-order valence-corrected chi connectivity index (χ2v) is 8.30. The van der Waals surface area contributed by atoms with Crippen LogP contribution in [0.3, 0.4) is 0 Å². The van der Waals surface area contributed by atoms with Crippen LogP contribution in [0.1, 0.15) is 49.8 Å². The van der Waals surface area contributed by atoms with Crippen LogP contribution in [0.25, 0.3) is 0 Å². The summed E-state index contributed by atoms with van der Waals surface area (Å²) in [5.41, 5.74) is 2.28. The molecule has 3 nitrogen and oxygen atoms in total. The third-order valence-corrected chi connectivity index (χ3v) is 6.24. The lowest BCUT2D eigenvalue weighted by Gasteiger charge is -2.49. The topological polar surface area (TPSA) is 24.5 Å². The molecule has 0 unspecified atom stereocenters. The Morgan fingerprint density at radius 3 is 2.61 bits per heavy atom. The maximum Gasteiger partial charge on any atom is 0.123 e. The highest BCUT2D eigenvalue weighted by Crippen LogP contribution is 2.43. The van der Waals surface area contributed by atoms with E-state index < -0.39 is 0 Å². The smallest absolute Gasteiger partial charge is 0.123 e. The van der Waals surface area contributed by atoms with Gasteiger partial charge in [0.15, 0.2) is 0 Å². The summed E-state index contributed by atoms with van der Waals surface area (Å²) in [6.07, 6.45) is 4.35. The Morgan fingerprint density at radius 1 is 1.11 bits per heavy atom. The quantitative estimate of drug-likeness (QED) is 0.812. The molecule has 2 aliphatic rings. The summed E-state index contributed by atoms with van der Waals surface area (Å²) in [6, 6.07) is 18.1. The first-order chi connectivity index (χ1) is 13.7. The van der Waals surface area contributed by atoms with Crippen molar-refractivity contribution in [3.05, 3.63) is 71.5 Å². The van der Waals surface area contributed by atoms with Crippen molar-refractivity contribution >= 4 is 0 Å². The first-order valence-corrected chi connectivity index (χ1v) is 10.6. The van der Waals surface area contributed by atoms with E-state index in [-0.39, 0.29) is 17.5 Å². The van der Waals surface area contributed by atoms with Crippen LogP contribution >= 0.6 is 0 Å². The number of ether oxygens (including phenoxy) is 1. The second-order valence-electron chi connectivity index (χ2n) is 8.30. The van der Waals surface area contributed by atoms with Gasteiger partial charge in [0, 0.05) is 25.7 Å². The normalized spacial score (nSPS) is 25.1. The van der Waals surface area contributed by atoms with Crippen molar-refractivity contribution in [2.45, 2.75) is 56.9 Å². The lowest BCUT2D eigenvalue weighted by Crippen LogP contribution is -2.53. The van der Waals surface area contributed by atoms with Gasteiger partial charge in [-0.25, -0.2) is 4.39 Å². The van der Waals surface area contributed by atoms with Crippen LogP contribution in [0.15, 0.2) is 54.6 Å². The Bertz CT molecular complexity index is 758. The van der Waals surface area contributed by atoms with Crippen LogP contribution in [0, 0.1) is 5.82 Å². The Morgan fingerprint density at radius 2 is 1.89 bits per heavy atom. The minimum absolute atomic E-state index is 0.0516. The molecule has 1 N–H and O–H groups in total. The zero-order chi connectivity index (χ0) is 19.4. The minimum atomic E-state index is -0.152. The van der Waals surface area contributed by atoms with E-state index in [2.05, 4.69) is 47.5 Å². The van der Waals surface area contributed by atoms with Crippen LogP contribution in [0.5, 0.6) is 0 Å². The number of rotatable bonds is 5. The van der Waals surface area contributed by atoms with E-state index in [1.165, 1.54) is 11.6 Å². The maximum absolute atomic E-state index is 13.5. The molecule has 2 aromatic rings. The fourth-order valence-electron chi connectivity index (χ4n) is 4.84. The zero-order valence-corrected chi connectivity index (χ0v) is 16.7. The average molecular weight is 383 g/mol.